The highest BCUT2D eigenvalue weighted by Crippen LogP contribution is 2.27. The molecule has 2 saturated heterocycles. The molecule has 2 aliphatic rings. The number of H-pyrrole nitrogens is 1. The summed E-state index contributed by atoms with van der Waals surface area (Å²) in [6, 6.07) is 5.80. The summed E-state index contributed by atoms with van der Waals surface area (Å²) in [6.07, 6.45) is 4.45. The topological polar surface area (TPSA) is 78.0 Å². The Hall–Kier alpha value is -2.44. The van der Waals surface area contributed by atoms with Gasteiger partial charge in [0.2, 0.25) is 0 Å². The number of aromatic amines is 1. The number of amides is 1. The fourth-order valence-corrected chi connectivity index (χ4v) is 3.77. The van der Waals surface area contributed by atoms with Crippen LogP contribution in [0.3, 0.4) is 0 Å². The Morgan fingerprint density at radius 2 is 2.00 bits per heavy atom. The van der Waals surface area contributed by atoms with Crippen molar-refractivity contribution in [2.75, 3.05) is 31.1 Å². The van der Waals surface area contributed by atoms with Crippen molar-refractivity contribution in [3.05, 3.63) is 35.3 Å². The first-order valence-electron chi connectivity index (χ1n) is 9.10. The first kappa shape index (κ1) is 16.1. The summed E-state index contributed by atoms with van der Waals surface area (Å²) in [6.45, 7) is 5.52. The van der Waals surface area contributed by atoms with Crippen LogP contribution in [0.5, 0.6) is 0 Å². The molecule has 0 saturated carbocycles. The number of carbonyl (C=O) groups excluding carboxylic acids is 1. The number of rotatable bonds is 3. The van der Waals surface area contributed by atoms with Gasteiger partial charge in [-0.15, -0.1) is 10.2 Å². The van der Waals surface area contributed by atoms with Gasteiger partial charge in [-0.1, -0.05) is 0 Å². The van der Waals surface area contributed by atoms with Crippen LogP contribution >= 0.6 is 0 Å². The second-order valence-electron chi connectivity index (χ2n) is 7.04. The number of aromatic nitrogens is 4. The number of carbonyl (C=O) groups is 1. The molecule has 4 heterocycles. The molecule has 2 aromatic heterocycles. The third-order valence-corrected chi connectivity index (χ3v) is 5.15. The van der Waals surface area contributed by atoms with Crippen molar-refractivity contribution < 1.29 is 4.79 Å². The summed E-state index contributed by atoms with van der Waals surface area (Å²) in [5.74, 6) is 1.13. The smallest absolute Gasteiger partial charge is 0.274 e. The molecule has 2 aromatic rings. The minimum atomic E-state index is -0.0302. The third kappa shape index (κ3) is 3.36. The first-order valence-corrected chi connectivity index (χ1v) is 9.10. The molecule has 2 aliphatic heterocycles. The van der Waals surface area contributed by atoms with Crippen molar-refractivity contribution >= 4 is 11.7 Å². The van der Waals surface area contributed by atoms with Gasteiger partial charge in [-0.25, -0.2) is 0 Å². The maximum Gasteiger partial charge on any atom is 0.274 e. The molecule has 1 N–H and O–H groups in total. The van der Waals surface area contributed by atoms with E-state index in [0.29, 0.717) is 18.2 Å². The lowest BCUT2D eigenvalue weighted by molar-refractivity contribution is 0.0698. The minimum absolute atomic E-state index is 0.0302. The highest BCUT2D eigenvalue weighted by Gasteiger charge is 2.27. The van der Waals surface area contributed by atoms with E-state index in [1.807, 2.05) is 24.0 Å². The van der Waals surface area contributed by atoms with E-state index in [1.54, 1.807) is 0 Å². The molecule has 25 heavy (non-hydrogen) atoms. The van der Waals surface area contributed by atoms with Gasteiger partial charge in [0.15, 0.2) is 11.5 Å². The zero-order valence-corrected chi connectivity index (χ0v) is 14.6. The lowest BCUT2D eigenvalue weighted by Gasteiger charge is -2.31. The normalized spacial score (nSPS) is 20.9. The van der Waals surface area contributed by atoms with E-state index in [4.69, 9.17) is 0 Å². The largest absolute Gasteiger partial charge is 0.355 e. The molecule has 132 valence electrons. The number of hydrogen-bond donors (Lipinski definition) is 1. The van der Waals surface area contributed by atoms with Crippen molar-refractivity contribution in [2.45, 2.75) is 38.5 Å². The number of nitrogens with one attached hydrogen (secondary N) is 1. The predicted octanol–water partition coefficient (Wildman–Crippen LogP) is 2.13. The van der Waals surface area contributed by atoms with Crippen molar-refractivity contribution in [2.24, 2.45) is 0 Å². The first-order chi connectivity index (χ1) is 12.2. The Labute approximate surface area is 147 Å². The molecule has 4 rings (SSSR count). The molecule has 0 radical (unpaired) electrons. The van der Waals surface area contributed by atoms with Crippen molar-refractivity contribution in [1.29, 1.82) is 0 Å². The van der Waals surface area contributed by atoms with Crippen LogP contribution in [0.1, 0.15) is 53.5 Å². The standard InChI is InChI=1S/C18H24N6O/c1-13-11-16(21-19-13)14-5-4-10-24(12-14)18(25)15-6-7-17(22-20-15)23-8-2-3-9-23/h6-7,11,14H,2-5,8-10,12H2,1H3,(H,19,21)/t14-/m1/s1. The number of hydrogen-bond acceptors (Lipinski definition) is 5. The van der Waals surface area contributed by atoms with Gasteiger partial charge >= 0.3 is 0 Å². The molecule has 1 atom stereocenters. The summed E-state index contributed by atoms with van der Waals surface area (Å²) in [7, 11) is 0. The molecule has 2 fully saturated rings. The Balaban J connectivity index is 1.44. The number of anilines is 1. The number of likely N-dealkylation sites (tertiary alicyclic amines) is 1. The van der Waals surface area contributed by atoms with E-state index in [-0.39, 0.29) is 5.91 Å². The Bertz CT molecular complexity index is 734. The van der Waals surface area contributed by atoms with Gasteiger partial charge in [0.1, 0.15) is 0 Å². The minimum Gasteiger partial charge on any atom is -0.355 e. The average Bonchev–Trinajstić information content (AvgIpc) is 3.33. The van der Waals surface area contributed by atoms with Crippen LogP contribution in [-0.2, 0) is 0 Å². The van der Waals surface area contributed by atoms with Gasteiger partial charge in [-0.2, -0.15) is 5.10 Å². The van der Waals surface area contributed by atoms with Gasteiger partial charge in [-0.3, -0.25) is 9.89 Å². The van der Waals surface area contributed by atoms with Gasteiger partial charge in [-0.05, 0) is 50.8 Å². The van der Waals surface area contributed by atoms with Crippen LogP contribution in [0.4, 0.5) is 5.82 Å². The molecular formula is C18H24N6O. The van der Waals surface area contributed by atoms with Crippen LogP contribution in [-0.4, -0.2) is 57.4 Å². The molecule has 1 amide bonds. The van der Waals surface area contributed by atoms with Crippen LogP contribution in [0, 0.1) is 6.92 Å². The van der Waals surface area contributed by atoms with Crippen LogP contribution in [0.15, 0.2) is 18.2 Å². The number of aryl methyl sites for hydroxylation is 1. The molecule has 7 heteroatoms. The molecule has 0 aromatic carbocycles. The fraction of sp³-hybridized carbons (Fsp3) is 0.556. The summed E-state index contributed by atoms with van der Waals surface area (Å²) in [5.41, 5.74) is 2.54. The van der Waals surface area contributed by atoms with E-state index in [2.05, 4.69) is 31.4 Å². The predicted molar refractivity (Wildman–Crippen MR) is 94.7 cm³/mol. The Morgan fingerprint density at radius 3 is 2.68 bits per heavy atom. The van der Waals surface area contributed by atoms with Crippen LogP contribution in [0.2, 0.25) is 0 Å². The third-order valence-electron chi connectivity index (χ3n) is 5.15. The zero-order chi connectivity index (χ0) is 17.2. The van der Waals surface area contributed by atoms with Gasteiger partial charge in [0.05, 0.1) is 5.69 Å². The highest BCUT2D eigenvalue weighted by atomic mass is 16.2. The lowest BCUT2D eigenvalue weighted by Crippen LogP contribution is -2.39. The number of nitrogens with zero attached hydrogens (tertiary/aromatic N) is 5. The molecule has 7 nitrogen and oxygen atoms in total. The monoisotopic (exact) mass is 340 g/mol. The second kappa shape index (κ2) is 6.82. The van der Waals surface area contributed by atoms with E-state index in [9.17, 15) is 4.79 Å². The molecule has 0 aliphatic carbocycles. The van der Waals surface area contributed by atoms with E-state index in [1.165, 1.54) is 12.8 Å². The van der Waals surface area contributed by atoms with Gasteiger partial charge < -0.3 is 9.80 Å². The zero-order valence-electron chi connectivity index (χ0n) is 14.6. The summed E-state index contributed by atoms with van der Waals surface area (Å²) in [5, 5.41) is 15.8. The van der Waals surface area contributed by atoms with E-state index >= 15 is 0 Å². The summed E-state index contributed by atoms with van der Waals surface area (Å²) >= 11 is 0. The maximum absolute atomic E-state index is 12.8. The summed E-state index contributed by atoms with van der Waals surface area (Å²) < 4.78 is 0. The quantitative estimate of drug-likeness (QED) is 0.926. The van der Waals surface area contributed by atoms with Gasteiger partial charge in [0, 0.05) is 37.8 Å². The SMILES string of the molecule is Cc1cc([C@@H]2CCCN(C(=O)c3ccc(N4CCCC4)nn3)C2)n[nH]1. The molecule has 0 bridgehead atoms. The highest BCUT2D eigenvalue weighted by molar-refractivity contribution is 5.92. The van der Waals surface area contributed by atoms with Crippen LogP contribution in [0.25, 0.3) is 0 Å². The van der Waals surface area contributed by atoms with E-state index in [0.717, 1.165) is 49.7 Å². The number of piperidine rings is 1. The van der Waals surface area contributed by atoms with Crippen molar-refractivity contribution in [3.8, 4) is 0 Å². The van der Waals surface area contributed by atoms with Crippen LogP contribution < -0.4 is 4.90 Å². The van der Waals surface area contributed by atoms with Gasteiger partial charge in [0.25, 0.3) is 5.91 Å². The summed E-state index contributed by atoms with van der Waals surface area (Å²) in [4.78, 5) is 16.9. The average molecular weight is 340 g/mol. The fourth-order valence-electron chi connectivity index (χ4n) is 3.77. The Morgan fingerprint density at radius 1 is 1.16 bits per heavy atom. The maximum atomic E-state index is 12.8. The van der Waals surface area contributed by atoms with Crippen molar-refractivity contribution in [3.63, 3.8) is 0 Å². The molecule has 0 spiro atoms. The van der Waals surface area contributed by atoms with E-state index < -0.39 is 0 Å². The molecule has 0 unspecified atom stereocenters. The molecular weight excluding hydrogens is 316 g/mol. The second-order valence-corrected chi connectivity index (χ2v) is 7.04. The Kier molecular flexibility index (Phi) is 4.38. The lowest BCUT2D eigenvalue weighted by atomic mass is 9.94. The van der Waals surface area contributed by atoms with Crippen molar-refractivity contribution in [1.82, 2.24) is 25.3 Å².